The lowest BCUT2D eigenvalue weighted by Gasteiger charge is -2.35. The number of carbonyl (C=O) groups is 4. The van der Waals surface area contributed by atoms with Gasteiger partial charge in [-0.25, -0.2) is 31.4 Å². The molecule has 14 nitrogen and oxygen atoms in total. The van der Waals surface area contributed by atoms with Gasteiger partial charge in [0, 0.05) is 30.8 Å². The van der Waals surface area contributed by atoms with E-state index in [-0.39, 0.29) is 44.0 Å². The van der Waals surface area contributed by atoms with Gasteiger partial charge in [-0.3, -0.25) is 19.1 Å². The van der Waals surface area contributed by atoms with Crippen molar-refractivity contribution in [1.82, 2.24) is 25.2 Å². The van der Waals surface area contributed by atoms with E-state index >= 15 is 0 Å². The first kappa shape index (κ1) is 44.0. The largest absolute Gasteiger partial charge is 0.494 e. The predicted octanol–water partition coefficient (Wildman–Crippen LogP) is 5.35. The summed E-state index contributed by atoms with van der Waals surface area (Å²) in [5, 5.41) is 6.67. The van der Waals surface area contributed by atoms with Crippen LogP contribution >= 0.6 is 0 Å². The summed E-state index contributed by atoms with van der Waals surface area (Å²) in [6, 6.07) is 4.46. The molecule has 7 atom stereocenters. The summed E-state index contributed by atoms with van der Waals surface area (Å²) >= 11 is 0. The minimum Gasteiger partial charge on any atom is -0.494 e. The molecule has 1 saturated heterocycles. The van der Waals surface area contributed by atoms with Crippen molar-refractivity contribution in [3.8, 4) is 11.6 Å². The molecule has 2 aliphatic heterocycles. The minimum absolute atomic E-state index is 0.0111. The van der Waals surface area contributed by atoms with E-state index in [0.717, 1.165) is 19.2 Å². The molecule has 3 fully saturated rings. The first-order valence-corrected chi connectivity index (χ1v) is 21.6. The van der Waals surface area contributed by atoms with E-state index in [9.17, 15) is 40.8 Å². The minimum atomic E-state index is -4.44. The molecule has 2 saturated carbocycles. The standard InChI is InChI=1S/C41H54F3N5O9S/c1-7-56-28-12-13-30-26(19-28)14-17-45-34(30)57-29-20-31-33(50)47-41(36(52)48-59(54,55)40(23-42)15-16-40)21-27(41)11-9-8-10-24(2)18-25(3)32(35(51)49(31)22-29)46-37(53)58-38(4,5)39(6,43)44/h9,11-14,17,19,24-25,27,29,31-32H,7-8,10,15-16,18,20-23H2,1-6H3,(H,46,53)(H,47,50)(H,48,52)/b11-9-/t24-,25+,27+,29+,31-,32-,41+/m0/s1. The van der Waals surface area contributed by atoms with E-state index in [0.29, 0.717) is 43.9 Å². The Balaban J connectivity index is 1.35. The van der Waals surface area contributed by atoms with Crippen molar-refractivity contribution in [1.29, 1.82) is 0 Å². The lowest BCUT2D eigenvalue weighted by molar-refractivity contribution is -0.152. The molecule has 0 unspecified atom stereocenters. The monoisotopic (exact) mass is 849 g/mol. The maximum atomic E-state index is 14.8. The average Bonchev–Trinajstić information content (AvgIpc) is 4.06. The van der Waals surface area contributed by atoms with Crippen molar-refractivity contribution >= 4 is 44.6 Å². The van der Waals surface area contributed by atoms with Gasteiger partial charge in [0.2, 0.25) is 27.7 Å². The number of rotatable bonds is 11. The topological polar surface area (TPSA) is 182 Å². The molecule has 3 N–H and O–H groups in total. The summed E-state index contributed by atoms with van der Waals surface area (Å²) in [7, 11) is -4.44. The fraction of sp³-hybridized carbons (Fsp3) is 0.634. The van der Waals surface area contributed by atoms with E-state index in [1.54, 1.807) is 37.4 Å². The molecule has 4 aliphatic rings. The maximum Gasteiger partial charge on any atom is 0.408 e. The second-order valence-electron chi connectivity index (χ2n) is 17.2. The zero-order valence-corrected chi connectivity index (χ0v) is 35.0. The van der Waals surface area contributed by atoms with Crippen LogP contribution in [0.1, 0.15) is 86.5 Å². The highest BCUT2D eigenvalue weighted by atomic mass is 32.2. The molecule has 1 aromatic heterocycles. The van der Waals surface area contributed by atoms with Gasteiger partial charge in [0.05, 0.1) is 13.2 Å². The quantitative estimate of drug-likeness (QED) is 0.250. The number of sulfonamides is 1. The normalized spacial score (nSPS) is 29.1. The highest BCUT2D eigenvalue weighted by Crippen LogP contribution is 2.48. The van der Waals surface area contributed by atoms with Gasteiger partial charge in [-0.2, -0.15) is 0 Å². The van der Waals surface area contributed by atoms with Gasteiger partial charge < -0.3 is 29.7 Å². The number of alkyl halides is 3. The van der Waals surface area contributed by atoms with Crippen LogP contribution in [0.15, 0.2) is 42.6 Å². The third-order valence-electron chi connectivity index (χ3n) is 12.2. The smallest absolute Gasteiger partial charge is 0.408 e. The molecule has 59 heavy (non-hydrogen) atoms. The molecule has 324 valence electrons. The average molecular weight is 850 g/mol. The van der Waals surface area contributed by atoms with Crippen LogP contribution in [0.5, 0.6) is 11.6 Å². The molecule has 4 amide bonds. The lowest BCUT2D eigenvalue weighted by Crippen LogP contribution is -2.60. The summed E-state index contributed by atoms with van der Waals surface area (Å²) < 4.78 is 86.6. The fourth-order valence-electron chi connectivity index (χ4n) is 7.87. The van der Waals surface area contributed by atoms with Crippen molar-refractivity contribution in [2.45, 2.75) is 126 Å². The van der Waals surface area contributed by atoms with Crippen molar-refractivity contribution in [3.63, 3.8) is 0 Å². The number of halogens is 3. The first-order chi connectivity index (χ1) is 27.7. The Bertz CT molecular complexity index is 2090. The Morgan fingerprint density at radius 1 is 1.10 bits per heavy atom. The number of hydrogen-bond acceptors (Lipinski definition) is 10. The third-order valence-corrected chi connectivity index (χ3v) is 14.3. The van der Waals surface area contributed by atoms with Crippen LogP contribution in [0.2, 0.25) is 0 Å². The van der Waals surface area contributed by atoms with Crippen LogP contribution in [-0.2, 0) is 29.1 Å². The number of nitrogens with zero attached hydrogens (tertiary/aromatic N) is 2. The van der Waals surface area contributed by atoms with Gasteiger partial charge >= 0.3 is 6.09 Å². The van der Waals surface area contributed by atoms with Gasteiger partial charge in [0.25, 0.3) is 11.8 Å². The third kappa shape index (κ3) is 9.11. The Morgan fingerprint density at radius 3 is 2.49 bits per heavy atom. The van der Waals surface area contributed by atoms with Crippen LogP contribution in [0.4, 0.5) is 18.0 Å². The van der Waals surface area contributed by atoms with Gasteiger partial charge in [0.15, 0.2) is 5.60 Å². The number of nitrogens with one attached hydrogen (secondary N) is 3. The number of aromatic nitrogens is 1. The summed E-state index contributed by atoms with van der Waals surface area (Å²) in [6.45, 7) is 7.38. The van der Waals surface area contributed by atoms with Crippen LogP contribution in [0.25, 0.3) is 10.8 Å². The number of amides is 4. The Labute approximate surface area is 342 Å². The Hall–Kier alpha value is -4.61. The van der Waals surface area contributed by atoms with E-state index < -0.39 is 92.3 Å². The van der Waals surface area contributed by atoms with E-state index in [1.807, 2.05) is 30.7 Å². The summed E-state index contributed by atoms with van der Waals surface area (Å²) in [5.74, 6) is -6.31. The zero-order valence-electron chi connectivity index (χ0n) is 34.2. The van der Waals surface area contributed by atoms with Gasteiger partial charge in [-0.1, -0.05) is 26.0 Å². The van der Waals surface area contributed by atoms with Crippen molar-refractivity contribution in [2.24, 2.45) is 17.8 Å². The second-order valence-corrected chi connectivity index (χ2v) is 19.2. The second kappa shape index (κ2) is 16.4. The highest BCUT2D eigenvalue weighted by Gasteiger charge is 2.64. The van der Waals surface area contributed by atoms with Gasteiger partial charge in [-0.05, 0) is 101 Å². The van der Waals surface area contributed by atoms with Gasteiger partial charge in [0.1, 0.15) is 40.9 Å². The SMILES string of the molecule is CCOc1ccc2c(O[C@@H]3C[C@H]4C(=O)N[C@]5(C(=O)NS(=O)(=O)C6(CF)CC6)C[C@H]5/C=C\CC[C@H](C)C[C@@H](C)[C@H](NC(=O)OC(C)(C)C(C)(F)F)C(=O)N4C3)nccc2c1. The van der Waals surface area contributed by atoms with Crippen molar-refractivity contribution < 1.29 is 55.0 Å². The molecule has 0 radical (unpaired) electrons. The van der Waals surface area contributed by atoms with Crippen LogP contribution in [0.3, 0.4) is 0 Å². The molecule has 3 heterocycles. The molecular formula is C41H54F3N5O9S. The molecule has 0 bridgehead atoms. The number of fused-ring (bicyclic) bond motifs is 3. The Kier molecular flexibility index (Phi) is 12.3. The maximum absolute atomic E-state index is 14.8. The van der Waals surface area contributed by atoms with Crippen molar-refractivity contribution in [2.75, 3.05) is 19.8 Å². The molecule has 6 rings (SSSR count). The number of allylic oxidation sites excluding steroid dienone is 1. The van der Waals surface area contributed by atoms with Crippen LogP contribution in [0, 0.1) is 17.8 Å². The first-order valence-electron chi connectivity index (χ1n) is 20.1. The summed E-state index contributed by atoms with van der Waals surface area (Å²) in [4.78, 5) is 62.2. The molecule has 2 aromatic rings. The van der Waals surface area contributed by atoms with Gasteiger partial charge in [-0.15, -0.1) is 0 Å². The van der Waals surface area contributed by atoms with Crippen LogP contribution in [-0.4, -0.2) is 102 Å². The molecule has 1 aromatic carbocycles. The molecule has 18 heteroatoms. The summed E-state index contributed by atoms with van der Waals surface area (Å²) in [6.07, 6.45) is 4.64. The lowest BCUT2D eigenvalue weighted by atomic mass is 9.88. The predicted molar refractivity (Wildman–Crippen MR) is 211 cm³/mol. The highest BCUT2D eigenvalue weighted by molar-refractivity contribution is 7.91. The number of pyridine rings is 1. The van der Waals surface area contributed by atoms with Crippen molar-refractivity contribution in [3.05, 3.63) is 42.6 Å². The number of benzene rings is 1. The zero-order chi connectivity index (χ0) is 43.1. The van der Waals surface area contributed by atoms with E-state index in [1.165, 1.54) is 4.90 Å². The van der Waals surface area contributed by atoms with Crippen LogP contribution < -0.4 is 24.8 Å². The number of alkyl carbamates (subject to hydrolysis) is 1. The fourth-order valence-corrected chi connectivity index (χ4v) is 9.29. The molecule has 2 aliphatic carbocycles. The van der Waals surface area contributed by atoms with E-state index in [2.05, 4.69) is 15.6 Å². The number of carbonyl (C=O) groups excluding carboxylic acids is 4. The summed E-state index contributed by atoms with van der Waals surface area (Å²) in [5.41, 5.74) is -3.97. The molecule has 0 spiro atoms. The Morgan fingerprint density at radius 2 is 1.83 bits per heavy atom. The molecular weight excluding hydrogens is 796 g/mol. The van der Waals surface area contributed by atoms with E-state index in [4.69, 9.17) is 14.2 Å². The number of ether oxygens (including phenoxy) is 3. The number of hydrogen-bond donors (Lipinski definition) is 3.